The lowest BCUT2D eigenvalue weighted by molar-refractivity contribution is -0.137. The summed E-state index contributed by atoms with van der Waals surface area (Å²) < 4.78 is 85.4. The van der Waals surface area contributed by atoms with Crippen molar-refractivity contribution in [1.82, 2.24) is 19.5 Å². The third-order valence-electron chi connectivity index (χ3n) is 4.50. The average Bonchev–Trinajstić information content (AvgIpc) is 3.39. The molecule has 1 N–H and O–H groups in total. The third kappa shape index (κ3) is 5.85. The minimum absolute atomic E-state index is 0.00865. The van der Waals surface area contributed by atoms with E-state index in [2.05, 4.69) is 19.3 Å². The molecule has 3 heterocycles. The van der Waals surface area contributed by atoms with Gasteiger partial charge in [0.1, 0.15) is 24.2 Å². The van der Waals surface area contributed by atoms with Gasteiger partial charge >= 0.3 is 16.6 Å². The summed E-state index contributed by atoms with van der Waals surface area (Å²) >= 11 is 18.5. The number of nitrogens with zero attached hydrogens (tertiary/aromatic N) is 4. The van der Waals surface area contributed by atoms with Gasteiger partial charge in [-0.25, -0.2) is 9.17 Å². The molecule has 0 amide bonds. The molecule has 0 aliphatic rings. The zero-order valence-electron chi connectivity index (χ0n) is 17.6. The van der Waals surface area contributed by atoms with Crippen molar-refractivity contribution in [3.8, 4) is 28.7 Å². The van der Waals surface area contributed by atoms with Gasteiger partial charge in [0.05, 0.1) is 20.6 Å². The Morgan fingerprint density at radius 1 is 1.11 bits per heavy atom. The van der Waals surface area contributed by atoms with Gasteiger partial charge in [0.2, 0.25) is 5.82 Å². The minimum Gasteiger partial charge on any atom is -0.489 e. The van der Waals surface area contributed by atoms with Crippen LogP contribution in [0.2, 0.25) is 15.1 Å². The van der Waals surface area contributed by atoms with E-state index in [0.717, 1.165) is 16.7 Å². The highest BCUT2D eigenvalue weighted by Gasteiger charge is 2.32. The van der Waals surface area contributed by atoms with Gasteiger partial charge < -0.3 is 13.7 Å². The summed E-state index contributed by atoms with van der Waals surface area (Å²) in [5, 5.41) is 3.72. The van der Waals surface area contributed by atoms with Crippen molar-refractivity contribution in [2.75, 3.05) is 6.61 Å². The number of rotatable bonds is 7. The fourth-order valence-corrected chi connectivity index (χ4v) is 4.19. The van der Waals surface area contributed by atoms with E-state index in [4.69, 9.17) is 48.6 Å². The number of aromatic nitrogens is 4. The van der Waals surface area contributed by atoms with E-state index < -0.39 is 28.2 Å². The lowest BCUT2D eigenvalue weighted by atomic mass is 10.2. The van der Waals surface area contributed by atoms with Crippen LogP contribution in [0.1, 0.15) is 12.5 Å². The molecule has 0 bridgehead atoms. The van der Waals surface area contributed by atoms with Crippen LogP contribution >= 0.6 is 34.8 Å². The first kappa shape index (κ1) is 26.4. The molecule has 4 aromatic rings. The first-order valence-electron chi connectivity index (χ1n) is 9.58. The summed E-state index contributed by atoms with van der Waals surface area (Å²) in [6.07, 6.45) is -3.56. The van der Waals surface area contributed by atoms with Gasteiger partial charge in [0, 0.05) is 24.0 Å². The van der Waals surface area contributed by atoms with E-state index in [1.807, 2.05) is 0 Å². The smallest absolute Gasteiger partial charge is 0.417 e. The summed E-state index contributed by atoms with van der Waals surface area (Å²) in [5.41, 5.74) is -0.621. The number of fused-ring (bicyclic) bond motifs is 1. The van der Waals surface area contributed by atoms with E-state index in [-0.39, 0.29) is 56.0 Å². The number of benzene rings is 1. The molecule has 0 aliphatic heterocycles. The monoisotopic (exact) mass is 586 g/mol. The van der Waals surface area contributed by atoms with Gasteiger partial charge in [-0.15, -0.1) is 0 Å². The molecule has 0 saturated carbocycles. The summed E-state index contributed by atoms with van der Waals surface area (Å²) in [7, 11) is -4.66. The topological polar surface area (TPSA) is 129 Å². The summed E-state index contributed by atoms with van der Waals surface area (Å²) in [4.78, 5) is 8.32. The molecular weight excluding hydrogens is 576 g/mol. The molecule has 0 fully saturated rings. The van der Waals surface area contributed by atoms with Crippen LogP contribution in [0.15, 0.2) is 35.1 Å². The van der Waals surface area contributed by atoms with Crippen LogP contribution in [0.25, 0.3) is 28.6 Å². The van der Waals surface area contributed by atoms with Crippen LogP contribution in [0.5, 0.6) is 5.75 Å². The highest BCUT2D eigenvalue weighted by atomic mass is 35.5. The molecular formula is C19H12Cl3F3N4O6S. The van der Waals surface area contributed by atoms with Crippen LogP contribution in [-0.4, -0.2) is 45.2 Å². The lowest BCUT2D eigenvalue weighted by Gasteiger charge is -2.13. The fraction of sp³-hybridized carbons (Fsp3) is 0.211. The van der Waals surface area contributed by atoms with Gasteiger partial charge in [-0.3, -0.25) is 4.55 Å². The number of pyridine rings is 1. The number of hydrogen-bond acceptors (Lipinski definition) is 8. The lowest BCUT2D eigenvalue weighted by Crippen LogP contribution is -2.21. The second-order valence-electron chi connectivity index (χ2n) is 7.26. The van der Waals surface area contributed by atoms with Gasteiger partial charge in [0.15, 0.2) is 5.65 Å². The molecule has 17 heteroatoms. The van der Waals surface area contributed by atoms with Gasteiger partial charge in [-0.05, 0) is 19.1 Å². The Kier molecular flexibility index (Phi) is 7.11. The standard InChI is InChI=1S/C19H12Cl3F3N4O6S/c1-8(35-36(30,31)32)7-33-15-4-11(20)10(3-12(15)21)16-27-18(34-28-16)14-6-29-5-9(19(23,24)25)2-13(22)17(29)26-14/h2-6,8H,7H2,1H3,(H,30,31,32)/t8-/m1/s1. The van der Waals surface area contributed by atoms with Crippen molar-refractivity contribution in [2.24, 2.45) is 0 Å². The predicted octanol–water partition coefficient (Wildman–Crippen LogP) is 5.62. The van der Waals surface area contributed by atoms with Crippen molar-refractivity contribution in [1.29, 1.82) is 0 Å². The molecule has 1 atom stereocenters. The summed E-state index contributed by atoms with van der Waals surface area (Å²) in [5.74, 6) is -0.0527. The molecule has 3 aromatic heterocycles. The maximum Gasteiger partial charge on any atom is 0.417 e. The third-order valence-corrected chi connectivity index (χ3v) is 5.96. The SMILES string of the molecule is C[C@H](COc1cc(Cl)c(-c2noc(-c3cn4cc(C(F)(F)F)cc(Cl)c4n3)n2)cc1Cl)OS(=O)(=O)O. The Bertz CT molecular complexity index is 1560. The minimum atomic E-state index is -4.66. The van der Waals surface area contributed by atoms with Crippen molar-refractivity contribution in [2.45, 2.75) is 19.2 Å². The number of ether oxygens (including phenoxy) is 1. The quantitative estimate of drug-likeness (QED) is 0.274. The van der Waals surface area contributed by atoms with E-state index in [9.17, 15) is 21.6 Å². The maximum atomic E-state index is 13.1. The summed E-state index contributed by atoms with van der Waals surface area (Å²) in [6, 6.07) is 3.44. The maximum absolute atomic E-state index is 13.1. The van der Waals surface area contributed by atoms with Crippen LogP contribution < -0.4 is 4.74 Å². The molecule has 4 rings (SSSR count). The van der Waals surface area contributed by atoms with E-state index in [0.29, 0.717) is 0 Å². The second kappa shape index (κ2) is 9.68. The van der Waals surface area contributed by atoms with E-state index in [1.165, 1.54) is 25.3 Å². The Hall–Kier alpha value is -2.62. The average molecular weight is 588 g/mol. The number of hydrogen-bond donors (Lipinski definition) is 1. The van der Waals surface area contributed by atoms with Crippen LogP contribution in [-0.2, 0) is 20.8 Å². The fourth-order valence-electron chi connectivity index (χ4n) is 3.00. The Balaban J connectivity index is 1.59. The Labute approximate surface area is 215 Å². The van der Waals surface area contributed by atoms with Gasteiger partial charge in [-0.2, -0.15) is 26.6 Å². The molecule has 0 radical (unpaired) electrons. The normalized spacial score (nSPS) is 13.3. The molecule has 1 aromatic carbocycles. The van der Waals surface area contributed by atoms with E-state index >= 15 is 0 Å². The predicted molar refractivity (Wildman–Crippen MR) is 122 cm³/mol. The van der Waals surface area contributed by atoms with E-state index in [1.54, 1.807) is 0 Å². The number of imidazole rings is 1. The molecule has 36 heavy (non-hydrogen) atoms. The highest BCUT2D eigenvalue weighted by Crippen LogP contribution is 2.37. The van der Waals surface area contributed by atoms with Crippen LogP contribution in [0.3, 0.4) is 0 Å². The molecule has 192 valence electrons. The van der Waals surface area contributed by atoms with Crippen molar-refractivity contribution >= 4 is 50.8 Å². The largest absolute Gasteiger partial charge is 0.489 e. The molecule has 0 aliphatic carbocycles. The Morgan fingerprint density at radius 3 is 2.50 bits per heavy atom. The molecule has 0 spiro atoms. The zero-order valence-corrected chi connectivity index (χ0v) is 20.7. The van der Waals surface area contributed by atoms with Crippen LogP contribution in [0, 0.1) is 0 Å². The zero-order chi connectivity index (χ0) is 26.4. The molecule has 0 unspecified atom stereocenters. The van der Waals surface area contributed by atoms with Gasteiger partial charge in [0.25, 0.3) is 5.89 Å². The van der Waals surface area contributed by atoms with Crippen molar-refractivity contribution < 1.29 is 39.6 Å². The number of halogens is 6. The first-order chi connectivity index (χ1) is 16.7. The highest BCUT2D eigenvalue weighted by molar-refractivity contribution is 7.80. The molecule has 10 nitrogen and oxygen atoms in total. The van der Waals surface area contributed by atoms with Crippen molar-refractivity contribution in [3.05, 3.63) is 51.2 Å². The first-order valence-corrected chi connectivity index (χ1v) is 12.1. The van der Waals surface area contributed by atoms with Crippen LogP contribution in [0.4, 0.5) is 13.2 Å². The Morgan fingerprint density at radius 2 is 1.83 bits per heavy atom. The second-order valence-corrected chi connectivity index (χ2v) is 9.53. The van der Waals surface area contributed by atoms with Gasteiger partial charge in [-0.1, -0.05) is 40.0 Å². The summed E-state index contributed by atoms with van der Waals surface area (Å²) in [6.45, 7) is 1.06. The van der Waals surface area contributed by atoms with Crippen molar-refractivity contribution in [3.63, 3.8) is 0 Å². The molecule has 0 saturated heterocycles. The number of alkyl halides is 3.